The van der Waals surface area contributed by atoms with E-state index in [1.54, 1.807) is 0 Å². The molecular formula is C14H16ClN3O. The Bertz CT molecular complexity index is 511. The molecule has 0 aromatic rings. The summed E-state index contributed by atoms with van der Waals surface area (Å²) in [5.41, 5.74) is 0. The summed E-state index contributed by atoms with van der Waals surface area (Å²) in [4.78, 5) is 21.3. The van der Waals surface area contributed by atoms with E-state index in [9.17, 15) is 4.79 Å². The van der Waals surface area contributed by atoms with Crippen molar-refractivity contribution >= 4 is 24.7 Å². The van der Waals surface area contributed by atoms with E-state index in [2.05, 4.69) is 28.1 Å². The topological polar surface area (TPSA) is 35.9 Å². The fourth-order valence-electron chi connectivity index (χ4n) is 3.42. The van der Waals surface area contributed by atoms with E-state index in [1.165, 1.54) is 0 Å². The maximum absolute atomic E-state index is 12.6. The molecule has 4 nitrogen and oxygen atoms in total. The first-order valence-electron chi connectivity index (χ1n) is 6.46. The van der Waals surface area contributed by atoms with Gasteiger partial charge < -0.3 is 9.80 Å². The Balaban J connectivity index is 0.00000110. The summed E-state index contributed by atoms with van der Waals surface area (Å²) in [6.07, 6.45) is 14.3. The lowest BCUT2D eigenvalue weighted by Crippen LogP contribution is -2.47. The molecule has 3 aliphatic heterocycles. The summed E-state index contributed by atoms with van der Waals surface area (Å²) in [5, 5.41) is 0. The van der Waals surface area contributed by atoms with E-state index in [4.69, 9.17) is 0 Å². The normalized spacial score (nSPS) is 37.8. The van der Waals surface area contributed by atoms with Crippen LogP contribution in [0.4, 0.5) is 0 Å². The van der Waals surface area contributed by atoms with Crippen molar-refractivity contribution in [2.45, 2.75) is 18.1 Å². The molecule has 0 radical (unpaired) electrons. The first-order valence-corrected chi connectivity index (χ1v) is 6.46. The zero-order valence-electron chi connectivity index (χ0n) is 10.4. The molecule has 0 spiro atoms. The van der Waals surface area contributed by atoms with Gasteiger partial charge in [0.25, 0.3) is 0 Å². The number of amides is 1. The second-order valence-corrected chi connectivity index (χ2v) is 5.19. The first kappa shape index (κ1) is 12.5. The average Bonchev–Trinajstić information content (AvgIpc) is 3.04. The van der Waals surface area contributed by atoms with Crippen LogP contribution in [0.15, 0.2) is 41.4 Å². The summed E-state index contributed by atoms with van der Waals surface area (Å²) in [7, 11) is 0. The molecule has 0 aromatic heterocycles. The number of hydrogen-bond donors (Lipinski definition) is 0. The van der Waals surface area contributed by atoms with E-state index in [0.717, 1.165) is 13.1 Å². The molecule has 4 atom stereocenters. The van der Waals surface area contributed by atoms with Gasteiger partial charge in [-0.25, -0.2) is 0 Å². The zero-order chi connectivity index (χ0) is 12.1. The highest BCUT2D eigenvalue weighted by atomic mass is 35.5. The summed E-state index contributed by atoms with van der Waals surface area (Å²) < 4.78 is 0. The maximum atomic E-state index is 12.6. The molecule has 1 saturated heterocycles. The fraction of sp³-hybridized carbons (Fsp3) is 0.429. The van der Waals surface area contributed by atoms with Crippen LogP contribution in [0.25, 0.3) is 0 Å². The Labute approximate surface area is 118 Å². The maximum Gasteiger partial charge on any atom is 0.232 e. The van der Waals surface area contributed by atoms with Gasteiger partial charge in [-0.2, -0.15) is 0 Å². The number of carbonyl (C=O) groups is 1. The van der Waals surface area contributed by atoms with Crippen molar-refractivity contribution in [3.05, 3.63) is 36.5 Å². The fourth-order valence-corrected chi connectivity index (χ4v) is 3.42. The van der Waals surface area contributed by atoms with Crippen molar-refractivity contribution in [3.63, 3.8) is 0 Å². The predicted molar refractivity (Wildman–Crippen MR) is 76.4 cm³/mol. The van der Waals surface area contributed by atoms with Gasteiger partial charge in [0.05, 0.1) is 36.9 Å². The minimum Gasteiger partial charge on any atom is -0.348 e. The van der Waals surface area contributed by atoms with E-state index in [0.29, 0.717) is 6.04 Å². The number of nitrogens with zero attached hydrogens (tertiary/aromatic N) is 3. The molecule has 1 fully saturated rings. The van der Waals surface area contributed by atoms with Crippen molar-refractivity contribution in [2.75, 3.05) is 13.1 Å². The van der Waals surface area contributed by atoms with Crippen molar-refractivity contribution in [1.29, 1.82) is 0 Å². The van der Waals surface area contributed by atoms with Crippen molar-refractivity contribution in [2.24, 2.45) is 10.9 Å². The van der Waals surface area contributed by atoms with Crippen LogP contribution in [0.1, 0.15) is 0 Å². The molecule has 4 rings (SSSR count). The van der Waals surface area contributed by atoms with Gasteiger partial charge in [0.2, 0.25) is 5.91 Å². The third-order valence-corrected chi connectivity index (χ3v) is 4.30. The Morgan fingerprint density at radius 3 is 2.89 bits per heavy atom. The lowest BCUT2D eigenvalue weighted by Gasteiger charge is -2.33. The molecule has 0 N–H and O–H groups in total. The van der Waals surface area contributed by atoms with Crippen LogP contribution in [0.5, 0.6) is 0 Å². The minimum absolute atomic E-state index is 0. The monoisotopic (exact) mass is 277 g/mol. The van der Waals surface area contributed by atoms with Gasteiger partial charge in [-0.05, 0) is 0 Å². The first-order chi connectivity index (χ1) is 8.86. The molecule has 0 bridgehead atoms. The van der Waals surface area contributed by atoms with E-state index in [-0.39, 0.29) is 36.3 Å². The second kappa shape index (κ2) is 4.53. The van der Waals surface area contributed by atoms with Crippen LogP contribution in [-0.2, 0) is 4.79 Å². The number of rotatable bonds is 0. The third kappa shape index (κ3) is 1.66. The SMILES string of the molecule is Cl.O=C1C2C=CC=CC2N2C=NCC2C2C=CCN12. The standard InChI is InChI=1S/C14H15N3O.ClH/c18-14-10-4-1-2-5-11(10)17-9-15-8-13(17)12-6-3-7-16(12)14;/h1-6,9-13H,7-8H2;1H. The molecule has 4 aliphatic rings. The molecule has 1 amide bonds. The van der Waals surface area contributed by atoms with Crippen LogP contribution in [0.3, 0.4) is 0 Å². The number of carbonyl (C=O) groups excluding carboxylic acids is 1. The van der Waals surface area contributed by atoms with Crippen LogP contribution >= 0.6 is 12.4 Å². The minimum atomic E-state index is -0.0630. The Morgan fingerprint density at radius 2 is 2.00 bits per heavy atom. The van der Waals surface area contributed by atoms with Gasteiger partial charge in [0.1, 0.15) is 0 Å². The molecule has 0 aromatic carbocycles. The molecular weight excluding hydrogens is 262 g/mol. The van der Waals surface area contributed by atoms with E-state index < -0.39 is 0 Å². The van der Waals surface area contributed by atoms with Gasteiger partial charge >= 0.3 is 0 Å². The number of aliphatic imine (C=N–C) groups is 1. The lowest BCUT2D eigenvalue weighted by molar-refractivity contribution is -0.133. The third-order valence-electron chi connectivity index (χ3n) is 4.30. The quantitative estimate of drug-likeness (QED) is 0.620. The second-order valence-electron chi connectivity index (χ2n) is 5.19. The largest absolute Gasteiger partial charge is 0.348 e. The summed E-state index contributed by atoms with van der Waals surface area (Å²) >= 11 is 0. The molecule has 19 heavy (non-hydrogen) atoms. The van der Waals surface area contributed by atoms with Crippen LogP contribution in [-0.4, -0.2) is 53.3 Å². The predicted octanol–water partition coefficient (Wildman–Crippen LogP) is 1.01. The number of allylic oxidation sites excluding steroid dienone is 2. The Morgan fingerprint density at radius 1 is 1.16 bits per heavy atom. The van der Waals surface area contributed by atoms with Crippen molar-refractivity contribution in [1.82, 2.24) is 9.80 Å². The molecule has 3 heterocycles. The molecule has 0 saturated carbocycles. The zero-order valence-corrected chi connectivity index (χ0v) is 11.2. The number of hydrogen-bond acceptors (Lipinski definition) is 3. The van der Waals surface area contributed by atoms with E-state index >= 15 is 0 Å². The smallest absolute Gasteiger partial charge is 0.232 e. The molecule has 100 valence electrons. The van der Waals surface area contributed by atoms with Crippen LogP contribution in [0, 0.1) is 5.92 Å². The summed E-state index contributed by atoms with van der Waals surface area (Å²) in [6, 6.07) is 0.629. The van der Waals surface area contributed by atoms with Gasteiger partial charge in [-0.3, -0.25) is 9.79 Å². The van der Waals surface area contributed by atoms with E-state index in [1.807, 2.05) is 29.5 Å². The molecule has 4 unspecified atom stereocenters. The van der Waals surface area contributed by atoms with Crippen molar-refractivity contribution < 1.29 is 4.79 Å². The highest BCUT2D eigenvalue weighted by molar-refractivity contribution is 5.85. The van der Waals surface area contributed by atoms with Gasteiger partial charge in [0, 0.05) is 6.54 Å². The van der Waals surface area contributed by atoms with Crippen LogP contribution < -0.4 is 0 Å². The highest BCUT2D eigenvalue weighted by Crippen LogP contribution is 2.33. The van der Waals surface area contributed by atoms with Gasteiger partial charge in [-0.1, -0.05) is 36.5 Å². The Kier molecular flexibility index (Phi) is 2.97. The number of fused-ring (bicyclic) bond motifs is 5. The summed E-state index contributed by atoms with van der Waals surface area (Å²) in [6.45, 7) is 1.54. The summed E-state index contributed by atoms with van der Waals surface area (Å²) in [5.74, 6) is 0.186. The molecule has 5 heteroatoms. The lowest BCUT2D eigenvalue weighted by atomic mass is 9.93. The van der Waals surface area contributed by atoms with Crippen molar-refractivity contribution in [3.8, 4) is 0 Å². The molecule has 1 aliphatic carbocycles. The Hall–Kier alpha value is -1.55. The van der Waals surface area contributed by atoms with Gasteiger partial charge in [-0.15, -0.1) is 12.4 Å². The number of halogens is 1. The van der Waals surface area contributed by atoms with Gasteiger partial charge in [0.15, 0.2) is 0 Å². The average molecular weight is 278 g/mol. The highest BCUT2D eigenvalue weighted by Gasteiger charge is 2.46. The van der Waals surface area contributed by atoms with Crippen LogP contribution in [0.2, 0.25) is 0 Å².